The lowest BCUT2D eigenvalue weighted by Crippen LogP contribution is -2.18. The minimum absolute atomic E-state index is 0.0572. The van der Waals surface area contributed by atoms with E-state index in [2.05, 4.69) is 31.8 Å². The van der Waals surface area contributed by atoms with Crippen molar-refractivity contribution in [2.24, 2.45) is 5.10 Å². The monoisotopic (exact) mass is 451 g/mol. The average molecular weight is 452 g/mol. The predicted molar refractivity (Wildman–Crippen MR) is 116 cm³/mol. The quantitative estimate of drug-likeness (QED) is 0.389. The van der Waals surface area contributed by atoms with E-state index in [1.54, 1.807) is 36.4 Å². The van der Waals surface area contributed by atoms with Crippen LogP contribution in [-0.2, 0) is 11.2 Å². The number of benzene rings is 3. The fourth-order valence-corrected chi connectivity index (χ4v) is 2.92. The Morgan fingerprint density at radius 3 is 2.45 bits per heavy atom. The number of amides is 2. The summed E-state index contributed by atoms with van der Waals surface area (Å²) in [5.41, 5.74) is 4.79. The van der Waals surface area contributed by atoms with Gasteiger partial charge in [-0.15, -0.1) is 0 Å². The highest BCUT2D eigenvalue weighted by Gasteiger charge is 2.07. The number of carbonyl (C=O) groups excluding carboxylic acids is 2. The molecule has 0 aliphatic heterocycles. The maximum atomic E-state index is 12.2. The van der Waals surface area contributed by atoms with Gasteiger partial charge in [-0.2, -0.15) is 5.10 Å². The van der Waals surface area contributed by atoms with Gasteiger partial charge in [-0.05, 0) is 48.0 Å². The van der Waals surface area contributed by atoms with E-state index in [4.69, 9.17) is 0 Å². The van der Waals surface area contributed by atoms with Crippen LogP contribution in [0.25, 0.3) is 0 Å². The molecule has 0 radical (unpaired) electrons. The third-order valence-electron chi connectivity index (χ3n) is 4.00. The van der Waals surface area contributed by atoms with Gasteiger partial charge in [0.1, 0.15) is 5.75 Å². The molecule has 0 saturated carbocycles. The molecule has 0 saturated heterocycles. The number of hydrazone groups is 1. The predicted octanol–water partition coefficient (Wildman–Crippen LogP) is 4.10. The molecule has 2 amide bonds. The Balaban J connectivity index is 1.55. The second-order valence-electron chi connectivity index (χ2n) is 6.19. The van der Waals surface area contributed by atoms with Gasteiger partial charge in [0.2, 0.25) is 5.91 Å². The highest BCUT2D eigenvalue weighted by atomic mass is 79.9. The number of aromatic hydroxyl groups is 1. The van der Waals surface area contributed by atoms with Crippen molar-refractivity contribution in [3.05, 3.63) is 94.0 Å². The third-order valence-corrected chi connectivity index (χ3v) is 4.49. The number of phenols is 1. The topological polar surface area (TPSA) is 90.8 Å². The molecule has 3 rings (SSSR count). The summed E-state index contributed by atoms with van der Waals surface area (Å²) in [7, 11) is 0. The fourth-order valence-electron chi connectivity index (χ4n) is 2.55. The maximum Gasteiger partial charge on any atom is 0.271 e. The fraction of sp³-hybridized carbons (Fsp3) is 0.0455. The van der Waals surface area contributed by atoms with Crippen LogP contribution in [0.4, 0.5) is 5.69 Å². The first-order valence-corrected chi connectivity index (χ1v) is 9.56. The van der Waals surface area contributed by atoms with Crippen molar-refractivity contribution in [2.75, 3.05) is 5.32 Å². The lowest BCUT2D eigenvalue weighted by atomic mass is 10.1. The van der Waals surface area contributed by atoms with Gasteiger partial charge in [-0.3, -0.25) is 9.59 Å². The van der Waals surface area contributed by atoms with E-state index < -0.39 is 5.91 Å². The summed E-state index contributed by atoms with van der Waals surface area (Å²) >= 11 is 3.31. The van der Waals surface area contributed by atoms with Crippen molar-refractivity contribution >= 4 is 39.6 Å². The Kier molecular flexibility index (Phi) is 6.76. The summed E-state index contributed by atoms with van der Waals surface area (Å²) in [5, 5.41) is 16.4. The van der Waals surface area contributed by atoms with Crippen LogP contribution in [0.3, 0.4) is 0 Å². The summed E-state index contributed by atoms with van der Waals surface area (Å²) in [6.45, 7) is 0. The van der Waals surface area contributed by atoms with Crippen LogP contribution in [0.15, 0.2) is 82.4 Å². The molecule has 0 aliphatic carbocycles. The van der Waals surface area contributed by atoms with Crippen molar-refractivity contribution in [1.82, 2.24) is 5.43 Å². The molecule has 0 fully saturated rings. The van der Waals surface area contributed by atoms with Gasteiger partial charge in [0.25, 0.3) is 5.91 Å². The smallest absolute Gasteiger partial charge is 0.271 e. The van der Waals surface area contributed by atoms with Gasteiger partial charge < -0.3 is 10.4 Å². The van der Waals surface area contributed by atoms with Crippen LogP contribution in [0.5, 0.6) is 5.75 Å². The van der Waals surface area contributed by atoms with E-state index in [0.29, 0.717) is 16.8 Å². The number of halogens is 1. The Morgan fingerprint density at radius 2 is 1.72 bits per heavy atom. The van der Waals surface area contributed by atoms with Crippen LogP contribution in [0.1, 0.15) is 21.5 Å². The summed E-state index contributed by atoms with van der Waals surface area (Å²) in [6.07, 6.45) is 1.64. The van der Waals surface area contributed by atoms with Crippen molar-refractivity contribution in [1.29, 1.82) is 0 Å². The Morgan fingerprint density at radius 1 is 1.00 bits per heavy atom. The van der Waals surface area contributed by atoms with Crippen LogP contribution in [0.2, 0.25) is 0 Å². The number of nitrogens with zero attached hydrogens (tertiary/aromatic N) is 1. The van der Waals surface area contributed by atoms with E-state index in [0.717, 1.165) is 10.0 Å². The van der Waals surface area contributed by atoms with E-state index in [1.165, 1.54) is 12.3 Å². The van der Waals surface area contributed by atoms with Gasteiger partial charge in [0, 0.05) is 21.3 Å². The highest BCUT2D eigenvalue weighted by Crippen LogP contribution is 2.20. The largest absolute Gasteiger partial charge is 0.507 e. The number of phenolic OH excluding ortho intramolecular Hbond substituents is 1. The number of hydrogen-bond acceptors (Lipinski definition) is 4. The maximum absolute atomic E-state index is 12.2. The number of hydrogen-bond donors (Lipinski definition) is 3. The highest BCUT2D eigenvalue weighted by molar-refractivity contribution is 9.10. The van der Waals surface area contributed by atoms with E-state index in [9.17, 15) is 14.7 Å². The molecule has 0 aliphatic rings. The molecule has 0 bridgehead atoms. The van der Waals surface area contributed by atoms with E-state index in [1.807, 2.05) is 30.3 Å². The summed E-state index contributed by atoms with van der Waals surface area (Å²) in [5.74, 6) is -0.480. The SMILES string of the molecule is O=C(Cc1ccccc1)Nc1ccc(C(=O)N/N=C\c2cc(Br)ccc2O)cc1. The number of rotatable bonds is 6. The molecule has 0 heterocycles. The van der Waals surface area contributed by atoms with Gasteiger partial charge in [0.15, 0.2) is 0 Å². The summed E-state index contributed by atoms with van der Waals surface area (Å²) < 4.78 is 0.785. The molecule has 0 aromatic heterocycles. The number of carbonyl (C=O) groups is 2. The first-order chi connectivity index (χ1) is 14.0. The molecule has 0 unspecified atom stereocenters. The first kappa shape index (κ1) is 20.3. The molecule has 3 N–H and O–H groups in total. The molecular formula is C22H18BrN3O3. The zero-order chi connectivity index (χ0) is 20.6. The van der Waals surface area contributed by atoms with Crippen molar-refractivity contribution in [2.45, 2.75) is 6.42 Å². The second kappa shape index (κ2) is 9.66. The van der Waals surface area contributed by atoms with E-state index >= 15 is 0 Å². The Hall–Kier alpha value is -3.45. The van der Waals surface area contributed by atoms with Gasteiger partial charge in [-0.25, -0.2) is 5.43 Å². The molecular weight excluding hydrogens is 434 g/mol. The lowest BCUT2D eigenvalue weighted by molar-refractivity contribution is -0.115. The average Bonchev–Trinajstić information content (AvgIpc) is 2.71. The van der Waals surface area contributed by atoms with Crippen LogP contribution in [0, 0.1) is 0 Å². The molecule has 0 atom stereocenters. The first-order valence-electron chi connectivity index (χ1n) is 8.77. The molecule has 0 spiro atoms. The van der Waals surface area contributed by atoms with Crippen LogP contribution in [-0.4, -0.2) is 23.1 Å². The minimum atomic E-state index is -0.405. The molecule has 6 nitrogen and oxygen atoms in total. The Labute approximate surface area is 176 Å². The van der Waals surface area contributed by atoms with Crippen LogP contribution < -0.4 is 10.7 Å². The molecule has 3 aromatic rings. The van der Waals surface area contributed by atoms with Gasteiger partial charge >= 0.3 is 0 Å². The second-order valence-corrected chi connectivity index (χ2v) is 7.11. The van der Waals surface area contributed by atoms with Gasteiger partial charge in [-0.1, -0.05) is 46.3 Å². The number of nitrogens with one attached hydrogen (secondary N) is 2. The summed E-state index contributed by atoms with van der Waals surface area (Å²) in [4.78, 5) is 24.3. The molecule has 7 heteroatoms. The molecule has 29 heavy (non-hydrogen) atoms. The van der Waals surface area contributed by atoms with Crippen molar-refractivity contribution in [3.8, 4) is 5.75 Å². The van der Waals surface area contributed by atoms with Gasteiger partial charge in [0.05, 0.1) is 12.6 Å². The summed E-state index contributed by atoms with van der Waals surface area (Å²) in [6, 6.07) is 20.9. The minimum Gasteiger partial charge on any atom is -0.507 e. The standard InChI is InChI=1S/C22H18BrN3O3/c23-18-8-11-20(27)17(13-18)14-24-26-22(29)16-6-9-19(10-7-16)25-21(28)12-15-4-2-1-3-5-15/h1-11,13-14,27H,12H2,(H,25,28)(H,26,29)/b24-14-. The molecule has 3 aromatic carbocycles. The Bertz CT molecular complexity index is 1030. The lowest BCUT2D eigenvalue weighted by Gasteiger charge is -2.06. The zero-order valence-electron chi connectivity index (χ0n) is 15.3. The van der Waals surface area contributed by atoms with Crippen molar-refractivity contribution in [3.63, 3.8) is 0 Å². The number of anilines is 1. The third kappa shape index (κ3) is 6.02. The molecule has 146 valence electrons. The van der Waals surface area contributed by atoms with Crippen LogP contribution >= 0.6 is 15.9 Å². The normalized spacial score (nSPS) is 10.7. The van der Waals surface area contributed by atoms with Crippen molar-refractivity contribution < 1.29 is 14.7 Å². The van der Waals surface area contributed by atoms with E-state index in [-0.39, 0.29) is 18.1 Å². The zero-order valence-corrected chi connectivity index (χ0v) is 16.9.